The lowest BCUT2D eigenvalue weighted by Gasteiger charge is -2.06. The molecule has 1 heterocycles. The molecule has 19 heavy (non-hydrogen) atoms. The van der Waals surface area contributed by atoms with E-state index in [1.807, 2.05) is 0 Å². The van der Waals surface area contributed by atoms with E-state index < -0.39 is 11.9 Å². The lowest BCUT2D eigenvalue weighted by molar-refractivity contribution is 0.0988. The fraction of sp³-hybridized carbons (Fsp3) is 0.0833. The first kappa shape index (κ1) is 12.6. The van der Waals surface area contributed by atoms with Crippen LogP contribution in [0.1, 0.15) is 16.2 Å². The lowest BCUT2D eigenvalue weighted by Crippen LogP contribution is -2.19. The van der Waals surface area contributed by atoms with Gasteiger partial charge >= 0.3 is 6.03 Å². The first-order chi connectivity index (χ1) is 9.04. The third-order valence-electron chi connectivity index (χ3n) is 2.24. The third-order valence-corrected chi connectivity index (χ3v) is 2.24. The molecule has 0 bridgehead atoms. The highest BCUT2D eigenvalue weighted by molar-refractivity contribution is 6.02. The second-order valence-corrected chi connectivity index (χ2v) is 3.86. The van der Waals surface area contributed by atoms with Crippen molar-refractivity contribution in [1.82, 2.24) is 5.16 Å². The number of nitrogens with two attached hydrogens (primary N) is 1. The average Bonchev–Trinajstić information content (AvgIpc) is 2.75. The number of rotatable bonds is 3. The van der Waals surface area contributed by atoms with Crippen molar-refractivity contribution >= 4 is 23.3 Å². The maximum atomic E-state index is 11.8. The van der Waals surface area contributed by atoms with Crippen LogP contribution in [0.2, 0.25) is 0 Å². The molecule has 0 aliphatic heterocycles. The quantitative estimate of drug-likeness (QED) is 0.780. The average molecular weight is 260 g/mol. The van der Waals surface area contributed by atoms with E-state index in [2.05, 4.69) is 15.8 Å². The Hall–Kier alpha value is -2.83. The summed E-state index contributed by atoms with van der Waals surface area (Å²) in [5.74, 6) is -0.303. The molecule has 0 radical (unpaired) electrons. The molecule has 0 saturated carbocycles. The van der Waals surface area contributed by atoms with Gasteiger partial charge in [-0.3, -0.25) is 4.79 Å². The van der Waals surface area contributed by atoms with Gasteiger partial charge in [-0.05, 0) is 25.1 Å². The molecule has 1 aromatic carbocycles. The number of hydrogen-bond donors (Lipinski definition) is 3. The number of primary amides is 1. The molecule has 0 aliphatic rings. The van der Waals surface area contributed by atoms with Crippen LogP contribution in [-0.2, 0) is 0 Å². The molecule has 2 rings (SSSR count). The zero-order valence-corrected chi connectivity index (χ0v) is 10.1. The topological polar surface area (TPSA) is 110 Å². The number of amides is 3. The first-order valence-corrected chi connectivity index (χ1v) is 5.46. The van der Waals surface area contributed by atoms with Crippen LogP contribution in [-0.4, -0.2) is 17.1 Å². The molecule has 3 amide bonds. The zero-order chi connectivity index (χ0) is 13.8. The van der Waals surface area contributed by atoms with Gasteiger partial charge in [-0.25, -0.2) is 4.79 Å². The Balaban J connectivity index is 2.10. The molecule has 0 aliphatic carbocycles. The zero-order valence-electron chi connectivity index (χ0n) is 10.1. The summed E-state index contributed by atoms with van der Waals surface area (Å²) in [5.41, 5.74) is 6.62. The van der Waals surface area contributed by atoms with Gasteiger partial charge in [-0.15, -0.1) is 0 Å². The van der Waals surface area contributed by atoms with E-state index >= 15 is 0 Å². The number of hydrogen-bond acceptors (Lipinski definition) is 4. The summed E-state index contributed by atoms with van der Waals surface area (Å²) in [7, 11) is 0. The van der Waals surface area contributed by atoms with E-state index in [9.17, 15) is 9.59 Å². The van der Waals surface area contributed by atoms with Crippen molar-refractivity contribution in [1.29, 1.82) is 0 Å². The van der Waals surface area contributed by atoms with Crippen LogP contribution in [0.5, 0.6) is 0 Å². The molecule has 0 spiro atoms. The number of nitrogens with zero attached hydrogens (tertiary/aromatic N) is 1. The Morgan fingerprint density at radius 1 is 1.21 bits per heavy atom. The maximum Gasteiger partial charge on any atom is 0.316 e. The fourth-order valence-electron chi connectivity index (χ4n) is 1.48. The Bertz CT molecular complexity index is 621. The summed E-state index contributed by atoms with van der Waals surface area (Å²) in [4.78, 5) is 22.5. The van der Waals surface area contributed by atoms with Gasteiger partial charge in [0.1, 0.15) is 0 Å². The van der Waals surface area contributed by atoms with Crippen LogP contribution in [0.25, 0.3) is 0 Å². The molecular formula is C12H12N4O3. The molecule has 4 N–H and O–H groups in total. The maximum absolute atomic E-state index is 11.8. The Kier molecular flexibility index (Phi) is 3.46. The van der Waals surface area contributed by atoms with Gasteiger partial charge in [0.25, 0.3) is 5.91 Å². The fourth-order valence-corrected chi connectivity index (χ4v) is 1.48. The van der Waals surface area contributed by atoms with E-state index in [0.717, 1.165) is 0 Å². The Morgan fingerprint density at radius 3 is 2.47 bits per heavy atom. The number of anilines is 2. The van der Waals surface area contributed by atoms with Gasteiger partial charge in [0.15, 0.2) is 0 Å². The first-order valence-electron chi connectivity index (χ1n) is 5.46. The molecule has 0 atom stereocenters. The monoisotopic (exact) mass is 260 g/mol. The van der Waals surface area contributed by atoms with E-state index in [4.69, 9.17) is 10.3 Å². The summed E-state index contributed by atoms with van der Waals surface area (Å²) in [6.45, 7) is 1.72. The molecule has 0 unspecified atom stereocenters. The number of aromatic nitrogens is 1. The van der Waals surface area contributed by atoms with Crippen LogP contribution in [0.4, 0.5) is 16.2 Å². The van der Waals surface area contributed by atoms with Crippen molar-refractivity contribution in [3.63, 3.8) is 0 Å². The Labute approximate surface area is 108 Å². The van der Waals surface area contributed by atoms with Crippen LogP contribution in [0.3, 0.4) is 0 Å². The van der Waals surface area contributed by atoms with E-state index in [1.165, 1.54) is 6.07 Å². The summed E-state index contributed by atoms with van der Waals surface area (Å²) in [6, 6.07) is 7.43. The third kappa shape index (κ3) is 3.32. The highest BCUT2D eigenvalue weighted by atomic mass is 16.5. The molecular weight excluding hydrogens is 248 g/mol. The summed E-state index contributed by atoms with van der Waals surface area (Å²) in [5, 5.41) is 8.66. The predicted molar refractivity (Wildman–Crippen MR) is 68.8 cm³/mol. The lowest BCUT2D eigenvalue weighted by atomic mass is 10.2. The summed E-state index contributed by atoms with van der Waals surface area (Å²) < 4.78 is 4.84. The van der Waals surface area contributed by atoms with Crippen LogP contribution in [0.15, 0.2) is 34.9 Å². The van der Waals surface area contributed by atoms with Crippen LogP contribution >= 0.6 is 0 Å². The molecule has 98 valence electrons. The van der Waals surface area contributed by atoms with E-state index in [-0.39, 0.29) is 5.76 Å². The molecule has 1 aromatic heterocycles. The summed E-state index contributed by atoms with van der Waals surface area (Å²) >= 11 is 0. The smallest absolute Gasteiger partial charge is 0.316 e. The highest BCUT2D eigenvalue weighted by Gasteiger charge is 2.11. The molecule has 0 saturated heterocycles. The van der Waals surface area contributed by atoms with Crippen molar-refractivity contribution in [3.05, 3.63) is 41.8 Å². The molecule has 0 fully saturated rings. The molecule has 2 aromatic rings. The SMILES string of the molecule is Cc1cc(C(=O)Nc2cccc(NC(N)=O)c2)on1. The largest absolute Gasteiger partial charge is 0.351 e. The molecule has 7 nitrogen and oxygen atoms in total. The minimum Gasteiger partial charge on any atom is -0.351 e. The number of carbonyl (C=O) groups excluding carboxylic acids is 2. The van der Waals surface area contributed by atoms with Gasteiger partial charge in [0.05, 0.1) is 5.69 Å². The van der Waals surface area contributed by atoms with E-state index in [1.54, 1.807) is 31.2 Å². The predicted octanol–water partition coefficient (Wildman–Crippen LogP) is 1.73. The number of nitrogens with one attached hydrogen (secondary N) is 2. The second kappa shape index (κ2) is 5.21. The van der Waals surface area contributed by atoms with Crippen LogP contribution in [0, 0.1) is 6.92 Å². The minimum atomic E-state index is -0.672. The van der Waals surface area contributed by atoms with Crippen molar-refractivity contribution in [2.45, 2.75) is 6.92 Å². The second-order valence-electron chi connectivity index (χ2n) is 3.86. The van der Waals surface area contributed by atoms with Gasteiger partial charge in [-0.2, -0.15) is 0 Å². The van der Waals surface area contributed by atoms with Gasteiger partial charge in [-0.1, -0.05) is 11.2 Å². The van der Waals surface area contributed by atoms with Crippen molar-refractivity contribution in [2.24, 2.45) is 5.73 Å². The van der Waals surface area contributed by atoms with Crippen molar-refractivity contribution in [2.75, 3.05) is 10.6 Å². The number of urea groups is 1. The van der Waals surface area contributed by atoms with Crippen molar-refractivity contribution in [3.8, 4) is 0 Å². The van der Waals surface area contributed by atoms with E-state index in [0.29, 0.717) is 17.1 Å². The minimum absolute atomic E-state index is 0.116. The van der Waals surface area contributed by atoms with Crippen LogP contribution < -0.4 is 16.4 Å². The normalized spacial score (nSPS) is 9.95. The standard InChI is InChI=1S/C12H12N4O3/c1-7-5-10(19-16-7)11(17)14-8-3-2-4-9(6-8)15-12(13)18/h2-6H,1H3,(H,14,17)(H3,13,15,18). The van der Waals surface area contributed by atoms with Gasteiger partial charge < -0.3 is 20.9 Å². The molecule has 7 heteroatoms. The Morgan fingerprint density at radius 2 is 1.89 bits per heavy atom. The van der Waals surface area contributed by atoms with Gasteiger partial charge in [0, 0.05) is 17.4 Å². The van der Waals surface area contributed by atoms with Gasteiger partial charge in [0.2, 0.25) is 5.76 Å². The number of benzene rings is 1. The number of carbonyl (C=O) groups is 2. The highest BCUT2D eigenvalue weighted by Crippen LogP contribution is 2.16. The summed E-state index contributed by atoms with van der Waals surface area (Å²) in [6.07, 6.45) is 0. The van der Waals surface area contributed by atoms with Crippen molar-refractivity contribution < 1.29 is 14.1 Å². The number of aryl methyl sites for hydroxylation is 1.